The van der Waals surface area contributed by atoms with Crippen LogP contribution in [0, 0.1) is 26.7 Å². The number of anilines is 1. The highest BCUT2D eigenvalue weighted by Gasteiger charge is 2.54. The van der Waals surface area contributed by atoms with Crippen LogP contribution < -0.4 is 5.32 Å². The van der Waals surface area contributed by atoms with E-state index in [9.17, 15) is 4.79 Å². The van der Waals surface area contributed by atoms with Crippen LogP contribution in [0.25, 0.3) is 10.4 Å². The molecular weight excluding hydrogens is 474 g/mol. The first kappa shape index (κ1) is 20.6. The molecule has 3 aromatic rings. The summed E-state index contributed by atoms with van der Waals surface area (Å²) in [6, 6.07) is 6.71. The van der Waals surface area contributed by atoms with Crippen LogP contribution in [0.2, 0.25) is 0 Å². The largest absolute Gasteiger partial charge is 0.352 e. The number of thiazole rings is 1. The number of hydrogen-bond donors (Lipinski definition) is 1. The molecule has 1 amide bonds. The van der Waals surface area contributed by atoms with Crippen molar-refractivity contribution in [3.05, 3.63) is 56.9 Å². The number of halogens is 1. The Bertz CT molecular complexity index is 1150. The number of rotatable bonds is 5. The predicted molar refractivity (Wildman–Crippen MR) is 126 cm³/mol. The average Bonchev–Trinajstić information content (AvgIpc) is 3.24. The lowest BCUT2D eigenvalue weighted by molar-refractivity contribution is 0.0704. The zero-order valence-electron chi connectivity index (χ0n) is 17.7. The number of aryl methyl sites for hydroxylation is 2. The fourth-order valence-electron chi connectivity index (χ4n) is 4.54. The van der Waals surface area contributed by atoms with Crippen LogP contribution >= 0.6 is 27.3 Å². The van der Waals surface area contributed by atoms with Crippen molar-refractivity contribution >= 4 is 39.1 Å². The SMILES string of the molecule is Cc1nc(C(=O)N2[C@H](CNc3ncc(Br)cn3)C[C@@H]3C[C@@H]32)c(-c2cccc(C)c2C)s1. The summed E-state index contributed by atoms with van der Waals surface area (Å²) in [5.41, 5.74) is 4.13. The number of hydrogen-bond acceptors (Lipinski definition) is 6. The van der Waals surface area contributed by atoms with Crippen LogP contribution in [0.4, 0.5) is 5.95 Å². The van der Waals surface area contributed by atoms with Gasteiger partial charge in [0.25, 0.3) is 5.91 Å². The molecule has 1 aliphatic carbocycles. The van der Waals surface area contributed by atoms with Gasteiger partial charge in [-0.1, -0.05) is 18.2 Å². The minimum atomic E-state index is 0.0498. The molecular formula is C23H24BrN5OS. The van der Waals surface area contributed by atoms with E-state index in [0.29, 0.717) is 30.1 Å². The monoisotopic (exact) mass is 497 g/mol. The number of aromatic nitrogens is 3. The van der Waals surface area contributed by atoms with Gasteiger partial charge in [-0.3, -0.25) is 4.79 Å². The Morgan fingerprint density at radius 1 is 1.23 bits per heavy atom. The fraction of sp³-hybridized carbons (Fsp3) is 0.391. The molecule has 0 bridgehead atoms. The van der Waals surface area contributed by atoms with Crippen molar-refractivity contribution in [3.8, 4) is 10.4 Å². The Kier molecular flexibility index (Phi) is 5.30. The van der Waals surface area contributed by atoms with Crippen molar-refractivity contribution in [2.24, 2.45) is 5.92 Å². The smallest absolute Gasteiger partial charge is 0.274 e. The molecule has 1 saturated heterocycles. The molecule has 2 aliphatic rings. The van der Waals surface area contributed by atoms with Gasteiger partial charge in [-0.25, -0.2) is 15.0 Å². The number of likely N-dealkylation sites (tertiary alicyclic amines) is 1. The van der Waals surface area contributed by atoms with E-state index < -0.39 is 0 Å². The molecule has 0 radical (unpaired) electrons. The quantitative estimate of drug-likeness (QED) is 0.536. The minimum absolute atomic E-state index is 0.0498. The summed E-state index contributed by atoms with van der Waals surface area (Å²) in [6.45, 7) is 6.84. The molecule has 0 spiro atoms. The van der Waals surface area contributed by atoms with Crippen LogP contribution in [0.5, 0.6) is 0 Å². The van der Waals surface area contributed by atoms with Gasteiger partial charge in [-0.15, -0.1) is 11.3 Å². The van der Waals surface area contributed by atoms with Crippen molar-refractivity contribution in [1.82, 2.24) is 19.9 Å². The van der Waals surface area contributed by atoms with E-state index in [4.69, 9.17) is 4.98 Å². The minimum Gasteiger partial charge on any atom is -0.352 e. The lowest BCUT2D eigenvalue weighted by atomic mass is 10.0. The Hall–Kier alpha value is -2.32. The highest BCUT2D eigenvalue weighted by molar-refractivity contribution is 9.10. The maximum atomic E-state index is 13.8. The molecule has 160 valence electrons. The first-order chi connectivity index (χ1) is 14.9. The average molecular weight is 498 g/mol. The third-order valence-electron chi connectivity index (χ3n) is 6.35. The molecule has 2 aromatic heterocycles. The second-order valence-electron chi connectivity index (χ2n) is 8.43. The molecule has 5 rings (SSSR count). The van der Waals surface area contributed by atoms with Crippen LogP contribution in [0.3, 0.4) is 0 Å². The van der Waals surface area contributed by atoms with Gasteiger partial charge in [0.15, 0.2) is 0 Å². The molecule has 3 atom stereocenters. The summed E-state index contributed by atoms with van der Waals surface area (Å²) in [7, 11) is 0. The highest BCUT2D eigenvalue weighted by Crippen LogP contribution is 2.49. The maximum absolute atomic E-state index is 13.8. The Labute approximate surface area is 194 Å². The number of piperidine rings is 1. The topological polar surface area (TPSA) is 71.0 Å². The first-order valence-electron chi connectivity index (χ1n) is 10.5. The van der Waals surface area contributed by atoms with Gasteiger partial charge in [0.05, 0.1) is 20.4 Å². The van der Waals surface area contributed by atoms with Crippen molar-refractivity contribution < 1.29 is 4.79 Å². The van der Waals surface area contributed by atoms with Gasteiger partial charge in [0.1, 0.15) is 5.69 Å². The fourth-order valence-corrected chi connectivity index (χ4v) is 5.74. The third kappa shape index (κ3) is 3.87. The molecule has 1 saturated carbocycles. The molecule has 6 nitrogen and oxygen atoms in total. The molecule has 3 heterocycles. The van der Waals surface area contributed by atoms with Gasteiger partial charge in [0.2, 0.25) is 5.95 Å². The second kappa shape index (κ2) is 7.98. The maximum Gasteiger partial charge on any atom is 0.274 e. The molecule has 1 aromatic carbocycles. The van der Waals surface area contributed by atoms with E-state index in [0.717, 1.165) is 32.8 Å². The summed E-state index contributed by atoms with van der Waals surface area (Å²) >= 11 is 4.96. The molecule has 31 heavy (non-hydrogen) atoms. The van der Waals surface area contributed by atoms with Gasteiger partial charge in [0, 0.05) is 25.0 Å². The third-order valence-corrected chi connectivity index (χ3v) is 7.76. The van der Waals surface area contributed by atoms with E-state index in [1.165, 1.54) is 11.1 Å². The van der Waals surface area contributed by atoms with Crippen molar-refractivity contribution in [2.45, 2.75) is 45.7 Å². The number of carbonyl (C=O) groups is 1. The first-order valence-corrected chi connectivity index (χ1v) is 12.1. The van der Waals surface area contributed by atoms with Gasteiger partial charge >= 0.3 is 0 Å². The molecule has 1 aliphatic heterocycles. The van der Waals surface area contributed by atoms with Crippen LogP contribution in [-0.2, 0) is 0 Å². The van der Waals surface area contributed by atoms with Gasteiger partial charge < -0.3 is 10.2 Å². The summed E-state index contributed by atoms with van der Waals surface area (Å²) in [5.74, 6) is 1.23. The van der Waals surface area contributed by atoms with E-state index in [-0.39, 0.29) is 11.9 Å². The van der Waals surface area contributed by atoms with Crippen LogP contribution in [0.1, 0.15) is 39.5 Å². The van der Waals surface area contributed by atoms with Crippen molar-refractivity contribution in [3.63, 3.8) is 0 Å². The molecule has 8 heteroatoms. The number of fused-ring (bicyclic) bond motifs is 1. The van der Waals surface area contributed by atoms with E-state index in [1.54, 1.807) is 23.7 Å². The van der Waals surface area contributed by atoms with Crippen LogP contribution in [-0.4, -0.2) is 44.4 Å². The predicted octanol–water partition coefficient (Wildman–Crippen LogP) is 5.00. The summed E-state index contributed by atoms with van der Waals surface area (Å²) in [5, 5.41) is 4.22. The number of nitrogens with zero attached hydrogens (tertiary/aromatic N) is 4. The number of benzene rings is 1. The molecule has 0 unspecified atom stereocenters. The van der Waals surface area contributed by atoms with E-state index >= 15 is 0 Å². The lowest BCUT2D eigenvalue weighted by Crippen LogP contribution is -2.42. The Balaban J connectivity index is 1.41. The zero-order valence-corrected chi connectivity index (χ0v) is 20.1. The standard InChI is InChI=1S/C23H24BrN5OS/c1-12-5-4-6-18(13(12)2)21-20(28-14(3)31-21)22(30)29-17(7-15-8-19(15)29)11-27-23-25-9-16(24)10-26-23/h4-6,9-10,15,17,19H,7-8,11H2,1-3H3,(H,25,26,27)/t15-,17+,19+/m1/s1. The summed E-state index contributed by atoms with van der Waals surface area (Å²) in [6.07, 6.45) is 5.55. The van der Waals surface area contributed by atoms with Crippen molar-refractivity contribution in [1.29, 1.82) is 0 Å². The lowest BCUT2D eigenvalue weighted by Gasteiger charge is -2.27. The zero-order chi connectivity index (χ0) is 21.7. The highest BCUT2D eigenvalue weighted by atomic mass is 79.9. The van der Waals surface area contributed by atoms with Gasteiger partial charge in [-0.2, -0.15) is 0 Å². The summed E-state index contributed by atoms with van der Waals surface area (Å²) in [4.78, 5) is 30.1. The molecule has 2 fully saturated rings. The second-order valence-corrected chi connectivity index (χ2v) is 10.5. The summed E-state index contributed by atoms with van der Waals surface area (Å²) < 4.78 is 0.842. The Morgan fingerprint density at radius 3 is 2.77 bits per heavy atom. The molecule has 1 N–H and O–H groups in total. The van der Waals surface area contributed by atoms with Crippen molar-refractivity contribution in [2.75, 3.05) is 11.9 Å². The normalized spacial score (nSPS) is 21.8. The number of carbonyl (C=O) groups excluding carboxylic acids is 1. The van der Waals surface area contributed by atoms with E-state index in [2.05, 4.69) is 68.2 Å². The number of nitrogens with one attached hydrogen (secondary N) is 1. The Morgan fingerprint density at radius 2 is 2.00 bits per heavy atom. The van der Waals surface area contributed by atoms with Gasteiger partial charge in [-0.05, 0) is 72.2 Å². The number of amides is 1. The van der Waals surface area contributed by atoms with Crippen LogP contribution in [0.15, 0.2) is 35.1 Å². The van der Waals surface area contributed by atoms with E-state index in [1.807, 2.05) is 6.92 Å².